The van der Waals surface area contributed by atoms with Crippen LogP contribution < -0.4 is 5.73 Å². The number of carbonyl (C=O) groups is 1. The molecule has 0 aromatic heterocycles. The SMILES string of the molecule is CC1OCC/C1=C\C(N)=O. The summed E-state index contributed by atoms with van der Waals surface area (Å²) < 4.78 is 5.19. The standard InChI is InChI=1S/C7H11NO2/c1-5-6(2-3-10-5)4-7(8)9/h4-5H,2-3H2,1H3,(H2,8,9)/b6-4+. The molecule has 1 saturated heterocycles. The number of amides is 1. The van der Waals surface area contributed by atoms with Crippen LogP contribution in [-0.2, 0) is 9.53 Å². The van der Waals surface area contributed by atoms with E-state index < -0.39 is 0 Å². The molecule has 10 heavy (non-hydrogen) atoms. The third-order valence-corrected chi connectivity index (χ3v) is 1.61. The van der Waals surface area contributed by atoms with Gasteiger partial charge >= 0.3 is 0 Å². The lowest BCUT2D eigenvalue weighted by Gasteiger charge is -2.00. The highest BCUT2D eigenvalue weighted by Crippen LogP contribution is 2.18. The van der Waals surface area contributed by atoms with Crippen LogP contribution in [0.2, 0.25) is 0 Å². The van der Waals surface area contributed by atoms with Crippen molar-refractivity contribution in [3.05, 3.63) is 11.6 Å². The van der Waals surface area contributed by atoms with Crippen molar-refractivity contribution in [3.8, 4) is 0 Å². The molecule has 1 amide bonds. The van der Waals surface area contributed by atoms with E-state index in [-0.39, 0.29) is 12.0 Å². The second-order valence-electron chi connectivity index (χ2n) is 2.38. The normalized spacial score (nSPS) is 29.3. The second kappa shape index (κ2) is 2.84. The van der Waals surface area contributed by atoms with E-state index in [9.17, 15) is 4.79 Å². The molecule has 0 aromatic carbocycles. The van der Waals surface area contributed by atoms with E-state index in [1.54, 1.807) is 0 Å². The van der Waals surface area contributed by atoms with Gasteiger partial charge in [0.05, 0.1) is 12.7 Å². The topological polar surface area (TPSA) is 52.3 Å². The van der Waals surface area contributed by atoms with Crippen LogP contribution in [0.3, 0.4) is 0 Å². The van der Waals surface area contributed by atoms with E-state index in [1.165, 1.54) is 6.08 Å². The molecule has 1 heterocycles. The van der Waals surface area contributed by atoms with Crippen LogP contribution in [0.25, 0.3) is 0 Å². The van der Waals surface area contributed by atoms with E-state index in [4.69, 9.17) is 10.5 Å². The maximum Gasteiger partial charge on any atom is 0.241 e. The van der Waals surface area contributed by atoms with Gasteiger partial charge in [0, 0.05) is 6.08 Å². The maximum absolute atomic E-state index is 10.4. The van der Waals surface area contributed by atoms with Crippen LogP contribution >= 0.6 is 0 Å². The molecule has 3 heteroatoms. The molecule has 1 atom stereocenters. The highest BCUT2D eigenvalue weighted by Gasteiger charge is 2.16. The number of ether oxygens (including phenoxy) is 1. The van der Waals surface area contributed by atoms with Crippen LogP contribution in [0.1, 0.15) is 13.3 Å². The second-order valence-corrected chi connectivity index (χ2v) is 2.38. The Morgan fingerprint density at radius 3 is 3.00 bits per heavy atom. The van der Waals surface area contributed by atoms with E-state index >= 15 is 0 Å². The predicted molar refractivity (Wildman–Crippen MR) is 37.3 cm³/mol. The smallest absolute Gasteiger partial charge is 0.241 e. The lowest BCUT2D eigenvalue weighted by atomic mass is 10.1. The third-order valence-electron chi connectivity index (χ3n) is 1.61. The number of hydrogen-bond donors (Lipinski definition) is 1. The Hall–Kier alpha value is -0.830. The van der Waals surface area contributed by atoms with Crippen molar-refractivity contribution in [2.24, 2.45) is 5.73 Å². The largest absolute Gasteiger partial charge is 0.374 e. The number of primary amides is 1. The fraction of sp³-hybridized carbons (Fsp3) is 0.571. The monoisotopic (exact) mass is 141 g/mol. The first-order chi connectivity index (χ1) is 4.70. The van der Waals surface area contributed by atoms with Crippen molar-refractivity contribution in [1.29, 1.82) is 0 Å². The number of nitrogens with two attached hydrogens (primary N) is 1. The predicted octanol–water partition coefficient (Wildman–Crippen LogP) is 0.207. The van der Waals surface area contributed by atoms with Gasteiger partial charge in [-0.05, 0) is 18.9 Å². The molecule has 1 aliphatic heterocycles. The minimum atomic E-state index is -0.382. The van der Waals surface area contributed by atoms with Crippen LogP contribution in [0.15, 0.2) is 11.6 Å². The molecule has 0 aliphatic carbocycles. The summed E-state index contributed by atoms with van der Waals surface area (Å²) >= 11 is 0. The molecular weight excluding hydrogens is 130 g/mol. The van der Waals surface area contributed by atoms with E-state index in [0.29, 0.717) is 6.61 Å². The summed E-state index contributed by atoms with van der Waals surface area (Å²) in [6.07, 6.45) is 2.37. The summed E-state index contributed by atoms with van der Waals surface area (Å²) in [6.45, 7) is 2.63. The van der Waals surface area contributed by atoms with Crippen molar-refractivity contribution in [2.75, 3.05) is 6.61 Å². The molecule has 0 radical (unpaired) electrons. The first kappa shape index (κ1) is 7.28. The molecule has 1 aliphatic rings. The molecule has 1 fully saturated rings. The van der Waals surface area contributed by atoms with Crippen molar-refractivity contribution in [2.45, 2.75) is 19.4 Å². The zero-order valence-electron chi connectivity index (χ0n) is 5.96. The molecule has 1 rings (SSSR count). The summed E-state index contributed by atoms with van der Waals surface area (Å²) in [6, 6.07) is 0. The van der Waals surface area contributed by atoms with Crippen LogP contribution in [0.4, 0.5) is 0 Å². The highest BCUT2D eigenvalue weighted by atomic mass is 16.5. The Labute approximate surface area is 59.8 Å². The summed E-state index contributed by atoms with van der Waals surface area (Å²) in [5, 5.41) is 0. The van der Waals surface area contributed by atoms with Gasteiger partial charge in [0.1, 0.15) is 0 Å². The van der Waals surface area contributed by atoms with Gasteiger partial charge in [0.2, 0.25) is 5.91 Å². The maximum atomic E-state index is 10.4. The average Bonchev–Trinajstić information content (AvgIpc) is 2.15. The van der Waals surface area contributed by atoms with E-state index in [0.717, 1.165) is 12.0 Å². The van der Waals surface area contributed by atoms with Crippen LogP contribution in [-0.4, -0.2) is 18.6 Å². The van der Waals surface area contributed by atoms with Gasteiger partial charge in [0.15, 0.2) is 0 Å². The van der Waals surface area contributed by atoms with Gasteiger partial charge in [-0.1, -0.05) is 0 Å². The molecule has 0 bridgehead atoms. The Kier molecular flexibility index (Phi) is 2.06. The zero-order valence-corrected chi connectivity index (χ0v) is 5.96. The lowest BCUT2D eigenvalue weighted by molar-refractivity contribution is -0.113. The minimum absolute atomic E-state index is 0.0764. The summed E-state index contributed by atoms with van der Waals surface area (Å²) in [4.78, 5) is 10.4. The summed E-state index contributed by atoms with van der Waals surface area (Å²) in [5.74, 6) is -0.382. The van der Waals surface area contributed by atoms with Crippen LogP contribution in [0.5, 0.6) is 0 Å². The lowest BCUT2D eigenvalue weighted by Crippen LogP contribution is -2.10. The molecule has 0 spiro atoms. The minimum Gasteiger partial charge on any atom is -0.374 e. The van der Waals surface area contributed by atoms with Crippen molar-refractivity contribution >= 4 is 5.91 Å². The summed E-state index contributed by atoms with van der Waals surface area (Å²) in [7, 11) is 0. The van der Waals surface area contributed by atoms with Crippen molar-refractivity contribution in [3.63, 3.8) is 0 Å². The van der Waals surface area contributed by atoms with Crippen molar-refractivity contribution in [1.82, 2.24) is 0 Å². The Morgan fingerprint density at radius 2 is 2.60 bits per heavy atom. The van der Waals surface area contributed by atoms with Gasteiger partial charge < -0.3 is 10.5 Å². The highest BCUT2D eigenvalue weighted by molar-refractivity contribution is 5.86. The van der Waals surface area contributed by atoms with Gasteiger partial charge in [0.25, 0.3) is 0 Å². The number of hydrogen-bond acceptors (Lipinski definition) is 2. The summed E-state index contributed by atoms with van der Waals surface area (Å²) in [5.41, 5.74) is 5.97. The van der Waals surface area contributed by atoms with Gasteiger partial charge in [-0.3, -0.25) is 4.79 Å². The quantitative estimate of drug-likeness (QED) is 0.530. The Morgan fingerprint density at radius 1 is 1.90 bits per heavy atom. The van der Waals surface area contributed by atoms with E-state index in [1.807, 2.05) is 6.92 Å². The Bertz CT molecular complexity index is 174. The van der Waals surface area contributed by atoms with Gasteiger partial charge in [-0.15, -0.1) is 0 Å². The van der Waals surface area contributed by atoms with Crippen molar-refractivity contribution < 1.29 is 9.53 Å². The van der Waals surface area contributed by atoms with Gasteiger partial charge in [-0.25, -0.2) is 0 Å². The molecule has 1 unspecified atom stereocenters. The Balaban J connectivity index is 2.62. The first-order valence-electron chi connectivity index (χ1n) is 3.31. The molecule has 0 saturated carbocycles. The van der Waals surface area contributed by atoms with Crippen LogP contribution in [0, 0.1) is 0 Å². The zero-order chi connectivity index (χ0) is 7.56. The molecule has 0 aromatic rings. The number of rotatable bonds is 1. The molecular formula is C7H11NO2. The molecule has 2 N–H and O–H groups in total. The fourth-order valence-electron chi connectivity index (χ4n) is 1.04. The molecule has 56 valence electrons. The third kappa shape index (κ3) is 1.57. The van der Waals surface area contributed by atoms with E-state index in [2.05, 4.69) is 0 Å². The number of carbonyl (C=O) groups excluding carboxylic acids is 1. The first-order valence-corrected chi connectivity index (χ1v) is 3.31. The van der Waals surface area contributed by atoms with Gasteiger partial charge in [-0.2, -0.15) is 0 Å². The average molecular weight is 141 g/mol. The fourth-order valence-corrected chi connectivity index (χ4v) is 1.04. The molecule has 3 nitrogen and oxygen atoms in total.